The largest absolute Gasteiger partial charge is 0.344 e. The van der Waals surface area contributed by atoms with Crippen molar-refractivity contribution >= 4 is 29.1 Å². The number of carbonyl (C=O) groups excluding carboxylic acids is 3. The Kier molecular flexibility index (Phi) is 4.35. The van der Waals surface area contributed by atoms with Crippen molar-refractivity contribution in [2.75, 3.05) is 16.8 Å². The zero-order chi connectivity index (χ0) is 19.0. The standard InChI is InChI=1S/C20H20N4O3/c1-12-16-9-15(8-14-5-3-7-24(17(14)16)20(12)27)23-19(26)18(25)22-11-13-4-2-6-21-10-13/h2,4,6,8-10,12H,3,5,7,11H2,1H3,(H,22,25)(H,23,26)/t12-/m0/s1. The molecule has 3 amide bonds. The van der Waals surface area contributed by atoms with Crippen LogP contribution in [0.4, 0.5) is 11.4 Å². The van der Waals surface area contributed by atoms with Gasteiger partial charge in [-0.25, -0.2) is 0 Å². The number of rotatable bonds is 3. The number of aryl methyl sites for hydroxylation is 1. The van der Waals surface area contributed by atoms with Crippen molar-refractivity contribution in [3.05, 3.63) is 53.3 Å². The van der Waals surface area contributed by atoms with Crippen molar-refractivity contribution in [1.29, 1.82) is 0 Å². The van der Waals surface area contributed by atoms with Crippen molar-refractivity contribution in [3.8, 4) is 0 Å². The molecule has 0 unspecified atom stereocenters. The molecule has 0 spiro atoms. The van der Waals surface area contributed by atoms with Crippen LogP contribution in [-0.4, -0.2) is 29.3 Å². The van der Waals surface area contributed by atoms with Crippen molar-refractivity contribution in [1.82, 2.24) is 10.3 Å². The lowest BCUT2D eigenvalue weighted by Gasteiger charge is -2.26. The second kappa shape index (κ2) is 6.83. The highest BCUT2D eigenvalue weighted by Crippen LogP contribution is 2.44. The van der Waals surface area contributed by atoms with Crippen LogP contribution in [0.25, 0.3) is 0 Å². The number of nitrogens with zero attached hydrogens (tertiary/aromatic N) is 2. The quantitative estimate of drug-likeness (QED) is 0.812. The fraction of sp³-hybridized carbons (Fsp3) is 0.300. The van der Waals surface area contributed by atoms with E-state index in [9.17, 15) is 14.4 Å². The van der Waals surface area contributed by atoms with Crippen LogP contribution in [0.5, 0.6) is 0 Å². The topological polar surface area (TPSA) is 91.4 Å². The first-order valence-corrected chi connectivity index (χ1v) is 9.01. The fourth-order valence-corrected chi connectivity index (χ4v) is 3.72. The van der Waals surface area contributed by atoms with Gasteiger partial charge >= 0.3 is 11.8 Å². The molecule has 2 aromatic rings. The molecule has 0 saturated heterocycles. The maximum absolute atomic E-state index is 12.4. The van der Waals surface area contributed by atoms with E-state index in [1.807, 2.05) is 24.0 Å². The van der Waals surface area contributed by atoms with Gasteiger partial charge in [0.2, 0.25) is 5.91 Å². The van der Waals surface area contributed by atoms with Gasteiger partial charge in [-0.15, -0.1) is 0 Å². The molecule has 1 aromatic carbocycles. The van der Waals surface area contributed by atoms with Crippen LogP contribution >= 0.6 is 0 Å². The maximum Gasteiger partial charge on any atom is 0.313 e. The van der Waals surface area contributed by atoms with E-state index in [1.54, 1.807) is 24.5 Å². The molecular weight excluding hydrogens is 344 g/mol. The Morgan fingerprint density at radius 2 is 2.15 bits per heavy atom. The summed E-state index contributed by atoms with van der Waals surface area (Å²) in [7, 11) is 0. The van der Waals surface area contributed by atoms with E-state index in [1.165, 1.54) is 0 Å². The average Bonchev–Trinajstić information content (AvgIpc) is 2.93. The highest BCUT2D eigenvalue weighted by Gasteiger charge is 2.38. The molecule has 2 aliphatic heterocycles. The molecule has 0 fully saturated rings. The van der Waals surface area contributed by atoms with Gasteiger partial charge in [0.05, 0.1) is 11.6 Å². The number of carbonyl (C=O) groups is 3. The highest BCUT2D eigenvalue weighted by atomic mass is 16.2. The lowest BCUT2D eigenvalue weighted by atomic mass is 9.96. The summed E-state index contributed by atoms with van der Waals surface area (Å²) in [5.74, 6) is -1.56. The maximum atomic E-state index is 12.4. The van der Waals surface area contributed by atoms with Crippen molar-refractivity contribution in [2.45, 2.75) is 32.2 Å². The van der Waals surface area contributed by atoms with Gasteiger partial charge in [-0.05, 0) is 54.7 Å². The summed E-state index contributed by atoms with van der Waals surface area (Å²) in [5, 5.41) is 5.24. The predicted molar refractivity (Wildman–Crippen MR) is 100 cm³/mol. The Labute approximate surface area is 156 Å². The van der Waals surface area contributed by atoms with Crippen LogP contribution in [-0.2, 0) is 27.3 Å². The lowest BCUT2D eigenvalue weighted by molar-refractivity contribution is -0.136. The molecule has 0 radical (unpaired) electrons. The first-order chi connectivity index (χ1) is 13.0. The van der Waals surface area contributed by atoms with E-state index in [4.69, 9.17) is 0 Å². The summed E-state index contributed by atoms with van der Waals surface area (Å²) < 4.78 is 0. The molecule has 7 nitrogen and oxygen atoms in total. The summed E-state index contributed by atoms with van der Waals surface area (Å²) in [6.07, 6.45) is 5.03. The predicted octanol–water partition coefficient (Wildman–Crippen LogP) is 1.73. The zero-order valence-electron chi connectivity index (χ0n) is 15.0. The summed E-state index contributed by atoms with van der Waals surface area (Å²) in [4.78, 5) is 42.5. The number of benzene rings is 1. The van der Waals surface area contributed by atoms with E-state index in [0.717, 1.165) is 41.8 Å². The Hall–Kier alpha value is -3.22. The van der Waals surface area contributed by atoms with Crippen molar-refractivity contribution < 1.29 is 14.4 Å². The summed E-state index contributed by atoms with van der Waals surface area (Å²) in [5.41, 5.74) is 4.31. The van der Waals surface area contributed by atoms with Crippen LogP contribution in [0.3, 0.4) is 0 Å². The Morgan fingerprint density at radius 3 is 2.93 bits per heavy atom. The molecule has 3 heterocycles. The Morgan fingerprint density at radius 1 is 1.30 bits per heavy atom. The minimum Gasteiger partial charge on any atom is -0.344 e. The number of pyridine rings is 1. The van der Waals surface area contributed by atoms with Gasteiger partial charge in [0.15, 0.2) is 0 Å². The van der Waals surface area contributed by atoms with Gasteiger partial charge in [0, 0.05) is 31.2 Å². The molecule has 2 N–H and O–H groups in total. The number of hydrogen-bond donors (Lipinski definition) is 2. The van der Waals surface area contributed by atoms with Crippen molar-refractivity contribution in [2.24, 2.45) is 0 Å². The molecule has 4 rings (SSSR count). The highest BCUT2D eigenvalue weighted by molar-refractivity contribution is 6.39. The SMILES string of the molecule is C[C@@H]1C(=O)N2CCCc3cc(NC(=O)C(=O)NCc4cccnc4)cc1c32. The van der Waals surface area contributed by atoms with Gasteiger partial charge in [0.1, 0.15) is 0 Å². The van der Waals surface area contributed by atoms with Gasteiger partial charge < -0.3 is 15.5 Å². The third kappa shape index (κ3) is 3.16. The Balaban J connectivity index is 1.48. The molecule has 7 heteroatoms. The fourth-order valence-electron chi connectivity index (χ4n) is 3.72. The monoisotopic (exact) mass is 364 g/mol. The van der Waals surface area contributed by atoms with Crippen LogP contribution in [0, 0.1) is 0 Å². The minimum atomic E-state index is -0.726. The molecule has 0 saturated carbocycles. The van der Waals surface area contributed by atoms with Crippen molar-refractivity contribution in [3.63, 3.8) is 0 Å². The van der Waals surface area contributed by atoms with E-state index in [-0.39, 0.29) is 18.4 Å². The average molecular weight is 364 g/mol. The lowest BCUT2D eigenvalue weighted by Crippen LogP contribution is -2.35. The number of hydrogen-bond acceptors (Lipinski definition) is 4. The van der Waals surface area contributed by atoms with Gasteiger partial charge in [-0.3, -0.25) is 19.4 Å². The first-order valence-electron chi connectivity index (χ1n) is 9.01. The Bertz CT molecular complexity index is 926. The van der Waals surface area contributed by atoms with Crippen LogP contribution in [0.2, 0.25) is 0 Å². The smallest absolute Gasteiger partial charge is 0.313 e. The molecule has 1 atom stereocenters. The molecule has 0 aliphatic carbocycles. The normalized spacial score (nSPS) is 17.4. The first kappa shape index (κ1) is 17.2. The van der Waals surface area contributed by atoms with Crippen LogP contribution in [0.1, 0.15) is 36.0 Å². The molecule has 27 heavy (non-hydrogen) atoms. The van der Waals surface area contributed by atoms with Gasteiger partial charge in [-0.1, -0.05) is 6.07 Å². The molecular formula is C20H20N4O3. The number of amides is 3. The van der Waals surface area contributed by atoms with Gasteiger partial charge in [0.25, 0.3) is 0 Å². The van der Waals surface area contributed by atoms with E-state index >= 15 is 0 Å². The summed E-state index contributed by atoms with van der Waals surface area (Å²) in [6.45, 7) is 2.85. The van der Waals surface area contributed by atoms with Crippen LogP contribution < -0.4 is 15.5 Å². The van der Waals surface area contributed by atoms with Crippen LogP contribution in [0.15, 0.2) is 36.7 Å². The van der Waals surface area contributed by atoms with E-state index < -0.39 is 11.8 Å². The number of anilines is 2. The molecule has 2 aliphatic rings. The van der Waals surface area contributed by atoms with E-state index in [2.05, 4.69) is 15.6 Å². The second-order valence-corrected chi connectivity index (χ2v) is 6.89. The molecule has 0 bridgehead atoms. The summed E-state index contributed by atoms with van der Waals surface area (Å²) >= 11 is 0. The zero-order valence-corrected chi connectivity index (χ0v) is 15.0. The summed E-state index contributed by atoms with van der Waals surface area (Å²) in [6, 6.07) is 7.26. The number of aromatic nitrogens is 1. The minimum absolute atomic E-state index is 0.101. The van der Waals surface area contributed by atoms with Gasteiger partial charge in [-0.2, -0.15) is 0 Å². The second-order valence-electron chi connectivity index (χ2n) is 6.89. The molecule has 1 aromatic heterocycles. The molecule has 138 valence electrons. The number of nitrogens with one attached hydrogen (secondary N) is 2. The third-order valence-corrected chi connectivity index (χ3v) is 5.06. The third-order valence-electron chi connectivity index (χ3n) is 5.06. The van der Waals surface area contributed by atoms with E-state index in [0.29, 0.717) is 5.69 Å².